The molecule has 0 aromatic carbocycles. The number of H-pyrrole nitrogens is 1. The van der Waals surface area contributed by atoms with E-state index in [4.69, 9.17) is 19.6 Å². The standard InChI is InChI=1S/C26H37N3O2/c1-5-19-13-21(14-25(27-16-19)18(4)20-7-6-11-30-12-10-20)26-23-15-22(31-17(2)3)8-9-24(23)28-29-26/h9,13-20,22,28H,5-8,10-12H2,1-4H3. The van der Waals surface area contributed by atoms with Crippen molar-refractivity contribution in [3.05, 3.63) is 34.1 Å². The fourth-order valence-electron chi connectivity index (χ4n) is 4.83. The van der Waals surface area contributed by atoms with Crippen molar-refractivity contribution in [3.8, 4) is 0 Å². The molecule has 1 fully saturated rings. The second kappa shape index (κ2) is 10.1. The van der Waals surface area contributed by atoms with Gasteiger partial charge >= 0.3 is 0 Å². The van der Waals surface area contributed by atoms with Crippen molar-refractivity contribution in [3.63, 3.8) is 0 Å². The fourth-order valence-corrected chi connectivity index (χ4v) is 4.83. The fraction of sp³-hybridized carbons (Fsp3) is 0.615. The summed E-state index contributed by atoms with van der Waals surface area (Å²) in [7, 11) is 0. The zero-order valence-corrected chi connectivity index (χ0v) is 19.4. The Morgan fingerprint density at radius 3 is 2.87 bits per heavy atom. The number of rotatable bonds is 6. The Labute approximate surface area is 186 Å². The van der Waals surface area contributed by atoms with Crippen LogP contribution in [0.1, 0.15) is 65.5 Å². The number of fused-ring (bicyclic) bond motifs is 1. The first-order valence-corrected chi connectivity index (χ1v) is 12.0. The maximum absolute atomic E-state index is 6.08. The molecule has 0 radical (unpaired) electrons. The molecule has 4 unspecified atom stereocenters. The van der Waals surface area contributed by atoms with E-state index < -0.39 is 0 Å². The van der Waals surface area contributed by atoms with Crippen molar-refractivity contribution in [2.24, 2.45) is 22.7 Å². The minimum Gasteiger partial charge on any atom is -0.381 e. The van der Waals surface area contributed by atoms with Gasteiger partial charge in [0.05, 0.1) is 23.3 Å². The molecule has 31 heavy (non-hydrogen) atoms. The van der Waals surface area contributed by atoms with Crippen molar-refractivity contribution in [1.82, 2.24) is 10.2 Å². The van der Waals surface area contributed by atoms with Gasteiger partial charge in [-0.25, -0.2) is 0 Å². The van der Waals surface area contributed by atoms with Crippen LogP contribution < -0.4 is 10.6 Å². The molecule has 2 aliphatic heterocycles. The summed E-state index contributed by atoms with van der Waals surface area (Å²) in [5.74, 6) is 1.33. The van der Waals surface area contributed by atoms with Crippen LogP contribution in [-0.4, -0.2) is 41.8 Å². The normalized spacial score (nSPS) is 27.3. The molecule has 1 saturated heterocycles. The van der Waals surface area contributed by atoms with Crippen LogP contribution in [0.2, 0.25) is 0 Å². The monoisotopic (exact) mass is 423 g/mol. The van der Waals surface area contributed by atoms with Crippen LogP contribution in [-0.2, 0) is 9.47 Å². The highest BCUT2D eigenvalue weighted by molar-refractivity contribution is 5.80. The molecule has 4 rings (SSSR count). The minimum atomic E-state index is 0.0989. The molecule has 1 aliphatic carbocycles. The maximum Gasteiger partial charge on any atom is 0.0994 e. The number of ether oxygens (including phenoxy) is 2. The van der Waals surface area contributed by atoms with Crippen LogP contribution in [0.25, 0.3) is 17.7 Å². The van der Waals surface area contributed by atoms with E-state index in [1.165, 1.54) is 17.7 Å². The van der Waals surface area contributed by atoms with Gasteiger partial charge < -0.3 is 9.47 Å². The van der Waals surface area contributed by atoms with Crippen molar-refractivity contribution in [2.45, 2.75) is 72.0 Å². The van der Waals surface area contributed by atoms with Gasteiger partial charge in [0, 0.05) is 47.8 Å². The first kappa shape index (κ1) is 22.2. The molecule has 1 N–H and O–H groups in total. The summed E-state index contributed by atoms with van der Waals surface area (Å²) >= 11 is 0. The lowest BCUT2D eigenvalue weighted by Crippen LogP contribution is -2.33. The van der Waals surface area contributed by atoms with E-state index in [1.54, 1.807) is 0 Å². The smallest absolute Gasteiger partial charge is 0.0994 e. The van der Waals surface area contributed by atoms with Crippen LogP contribution in [0, 0.1) is 17.8 Å². The lowest BCUT2D eigenvalue weighted by Gasteiger charge is -2.22. The molecule has 0 spiro atoms. The van der Waals surface area contributed by atoms with Crippen LogP contribution >= 0.6 is 0 Å². The third-order valence-electron chi connectivity index (χ3n) is 6.71. The number of allylic oxidation sites excluding steroid dienone is 4. The molecular weight excluding hydrogens is 386 g/mol. The van der Waals surface area contributed by atoms with Crippen molar-refractivity contribution < 1.29 is 9.47 Å². The molecular formula is C26H37N3O2. The van der Waals surface area contributed by atoms with Gasteiger partial charge in [0.1, 0.15) is 0 Å². The van der Waals surface area contributed by atoms with Gasteiger partial charge in [0.15, 0.2) is 0 Å². The molecule has 5 heteroatoms. The topological polar surface area (TPSA) is 59.5 Å². The van der Waals surface area contributed by atoms with Gasteiger partial charge in [-0.3, -0.25) is 10.1 Å². The molecule has 1 aromatic heterocycles. The summed E-state index contributed by atoms with van der Waals surface area (Å²) in [5.41, 5.74) is 3.35. The average Bonchev–Trinajstić information content (AvgIpc) is 2.93. The van der Waals surface area contributed by atoms with Crippen LogP contribution in [0.4, 0.5) is 0 Å². The third kappa shape index (κ3) is 5.27. The molecule has 1 aromatic rings. The highest BCUT2D eigenvalue weighted by Gasteiger charge is 2.24. The van der Waals surface area contributed by atoms with Gasteiger partial charge in [0.25, 0.3) is 0 Å². The van der Waals surface area contributed by atoms with Crippen molar-refractivity contribution in [2.75, 3.05) is 13.2 Å². The molecule has 0 bridgehead atoms. The highest BCUT2D eigenvalue weighted by Crippen LogP contribution is 2.33. The first-order valence-electron chi connectivity index (χ1n) is 12.0. The lowest BCUT2D eigenvalue weighted by molar-refractivity contribution is 0.0473. The summed E-state index contributed by atoms with van der Waals surface area (Å²) < 4.78 is 11.8. The molecule has 0 amide bonds. The zero-order valence-electron chi connectivity index (χ0n) is 19.4. The van der Waals surface area contributed by atoms with E-state index in [0.29, 0.717) is 17.8 Å². The zero-order chi connectivity index (χ0) is 21.8. The lowest BCUT2D eigenvalue weighted by atomic mass is 9.85. The Morgan fingerprint density at radius 1 is 1.19 bits per heavy atom. The van der Waals surface area contributed by atoms with Crippen LogP contribution in [0.5, 0.6) is 0 Å². The van der Waals surface area contributed by atoms with E-state index in [-0.39, 0.29) is 12.2 Å². The third-order valence-corrected chi connectivity index (χ3v) is 6.71. The van der Waals surface area contributed by atoms with E-state index in [0.717, 1.165) is 55.2 Å². The Morgan fingerprint density at radius 2 is 2.06 bits per heavy atom. The number of hydrogen-bond donors (Lipinski definition) is 1. The predicted octanol–water partition coefficient (Wildman–Crippen LogP) is 4.00. The van der Waals surface area contributed by atoms with E-state index in [1.807, 2.05) is 0 Å². The summed E-state index contributed by atoms with van der Waals surface area (Å²) in [5, 5.41) is 10.2. The van der Waals surface area contributed by atoms with E-state index in [9.17, 15) is 0 Å². The Bertz CT molecular complexity index is 961. The molecule has 3 aliphatic rings. The van der Waals surface area contributed by atoms with E-state index in [2.05, 4.69) is 63.3 Å². The van der Waals surface area contributed by atoms with Gasteiger partial charge in [0.2, 0.25) is 0 Å². The number of aliphatic imine (C=N–C) groups is 1. The van der Waals surface area contributed by atoms with Crippen LogP contribution in [0.15, 0.2) is 22.8 Å². The van der Waals surface area contributed by atoms with Gasteiger partial charge in [-0.1, -0.05) is 26.0 Å². The summed E-state index contributed by atoms with van der Waals surface area (Å²) in [4.78, 5) is 4.97. The molecule has 5 nitrogen and oxygen atoms in total. The largest absolute Gasteiger partial charge is 0.381 e. The first-order chi connectivity index (χ1) is 15.0. The van der Waals surface area contributed by atoms with Gasteiger partial charge in [-0.05, 0) is 64.0 Å². The van der Waals surface area contributed by atoms with Crippen LogP contribution in [0.3, 0.4) is 0 Å². The number of aromatic nitrogens is 2. The van der Waals surface area contributed by atoms with E-state index >= 15 is 0 Å². The molecule has 3 heterocycles. The number of hydrogen-bond acceptors (Lipinski definition) is 4. The number of nitrogens with one attached hydrogen (secondary N) is 1. The Kier molecular flexibility index (Phi) is 7.24. The van der Waals surface area contributed by atoms with Crippen molar-refractivity contribution >= 4 is 23.9 Å². The van der Waals surface area contributed by atoms with Crippen molar-refractivity contribution in [1.29, 1.82) is 0 Å². The summed E-state index contributed by atoms with van der Waals surface area (Å²) in [6.07, 6.45) is 16.9. The predicted molar refractivity (Wildman–Crippen MR) is 127 cm³/mol. The summed E-state index contributed by atoms with van der Waals surface area (Å²) in [6.45, 7) is 10.5. The number of nitrogens with zero attached hydrogens (tertiary/aromatic N) is 2. The number of aromatic amines is 1. The maximum atomic E-state index is 6.08. The molecule has 168 valence electrons. The quantitative estimate of drug-likeness (QED) is 0.752. The Balaban J connectivity index is 1.69. The van der Waals surface area contributed by atoms with Gasteiger partial charge in [-0.15, -0.1) is 0 Å². The minimum absolute atomic E-state index is 0.0989. The average molecular weight is 424 g/mol. The van der Waals surface area contributed by atoms with Gasteiger partial charge in [-0.2, -0.15) is 5.10 Å². The summed E-state index contributed by atoms with van der Waals surface area (Å²) in [6, 6.07) is 0. The SMILES string of the molecule is CCC1C=NC(C(C)C2CCCOCC2)=CC(c2n[nH]c3c2=CC(OC(C)C)CC=3)=C1. The Hall–Kier alpha value is -1.98. The molecule has 0 saturated carbocycles. The second-order valence-electron chi connectivity index (χ2n) is 9.36. The molecule has 4 atom stereocenters. The highest BCUT2D eigenvalue weighted by atomic mass is 16.5. The second-order valence-corrected chi connectivity index (χ2v) is 9.36.